The summed E-state index contributed by atoms with van der Waals surface area (Å²) in [7, 11) is 1.55. The van der Waals surface area contributed by atoms with Crippen molar-refractivity contribution < 1.29 is 28.2 Å². The Morgan fingerprint density at radius 2 is 1.68 bits per heavy atom. The zero-order valence-electron chi connectivity index (χ0n) is 24.5. The highest BCUT2D eigenvalue weighted by atomic mass is 16.5. The Balaban J connectivity index is 1.22. The van der Waals surface area contributed by atoms with E-state index in [1.807, 2.05) is 68.4 Å². The van der Waals surface area contributed by atoms with Crippen LogP contribution in [-0.2, 0) is 11.4 Å². The van der Waals surface area contributed by atoms with Gasteiger partial charge in [0.25, 0.3) is 5.91 Å². The standard InChI is InChI=1S/C36H31NO7/c1-23-9-7-8-12-28(23)22-42-31-17-13-25(19-33(31)41-3)14-18-34(38)43-29-16-15-27-20-30(36(40)44-32(27)21-29)35(39)37-24(2)26-10-5-4-6-11-26/h4-21,24H,22H2,1-3H3,(H,37,39)/b18-14+. The predicted octanol–water partition coefficient (Wildman–Crippen LogP) is 6.80. The smallest absolute Gasteiger partial charge is 0.349 e. The zero-order valence-corrected chi connectivity index (χ0v) is 24.5. The lowest BCUT2D eigenvalue weighted by atomic mass is 10.1. The Hall–Kier alpha value is -5.63. The van der Waals surface area contributed by atoms with Crippen LogP contribution < -0.4 is 25.2 Å². The third kappa shape index (κ3) is 7.22. The molecule has 1 N–H and O–H groups in total. The second-order valence-electron chi connectivity index (χ2n) is 10.1. The van der Waals surface area contributed by atoms with Crippen LogP contribution in [-0.4, -0.2) is 19.0 Å². The topological polar surface area (TPSA) is 104 Å². The number of methoxy groups -OCH3 is 1. The lowest BCUT2D eigenvalue weighted by Crippen LogP contribution is -2.30. The summed E-state index contributed by atoms with van der Waals surface area (Å²) in [6, 6.07) is 28.5. The van der Waals surface area contributed by atoms with Crippen LogP contribution in [0.3, 0.4) is 0 Å². The summed E-state index contributed by atoms with van der Waals surface area (Å²) in [6.07, 6.45) is 2.88. The van der Waals surface area contributed by atoms with Gasteiger partial charge in [-0.15, -0.1) is 0 Å². The van der Waals surface area contributed by atoms with Crippen LogP contribution in [0.2, 0.25) is 0 Å². The molecule has 1 unspecified atom stereocenters. The van der Waals surface area contributed by atoms with Crippen LogP contribution in [0.15, 0.2) is 112 Å². The zero-order chi connectivity index (χ0) is 31.1. The van der Waals surface area contributed by atoms with Gasteiger partial charge in [0.15, 0.2) is 11.5 Å². The first-order valence-corrected chi connectivity index (χ1v) is 14.0. The van der Waals surface area contributed by atoms with Crippen molar-refractivity contribution in [3.8, 4) is 17.2 Å². The molecular formula is C36H31NO7. The third-order valence-electron chi connectivity index (χ3n) is 7.06. The van der Waals surface area contributed by atoms with E-state index in [0.29, 0.717) is 29.1 Å². The van der Waals surface area contributed by atoms with E-state index in [4.69, 9.17) is 18.6 Å². The van der Waals surface area contributed by atoms with Crippen molar-refractivity contribution in [3.63, 3.8) is 0 Å². The summed E-state index contributed by atoms with van der Waals surface area (Å²) in [5.41, 5.74) is 3.11. The summed E-state index contributed by atoms with van der Waals surface area (Å²) in [4.78, 5) is 38.0. The van der Waals surface area contributed by atoms with Crippen LogP contribution in [0.4, 0.5) is 0 Å². The Morgan fingerprint density at radius 3 is 2.45 bits per heavy atom. The van der Waals surface area contributed by atoms with Gasteiger partial charge in [0.05, 0.1) is 13.2 Å². The van der Waals surface area contributed by atoms with Gasteiger partial charge in [0.2, 0.25) is 0 Å². The molecule has 0 saturated carbocycles. The van der Waals surface area contributed by atoms with E-state index in [0.717, 1.165) is 16.7 Å². The average Bonchev–Trinajstić information content (AvgIpc) is 3.03. The summed E-state index contributed by atoms with van der Waals surface area (Å²) < 4.78 is 22.3. The van der Waals surface area contributed by atoms with Gasteiger partial charge in [-0.2, -0.15) is 0 Å². The molecule has 0 spiro atoms. The second-order valence-corrected chi connectivity index (χ2v) is 10.1. The minimum atomic E-state index is -0.793. The molecule has 1 heterocycles. The fourth-order valence-corrected chi connectivity index (χ4v) is 4.56. The first-order valence-electron chi connectivity index (χ1n) is 14.0. The minimum absolute atomic E-state index is 0.116. The average molecular weight is 590 g/mol. The number of hydrogen-bond donors (Lipinski definition) is 1. The predicted molar refractivity (Wildman–Crippen MR) is 168 cm³/mol. The first-order chi connectivity index (χ1) is 21.3. The number of amides is 1. The van der Waals surface area contributed by atoms with Gasteiger partial charge in [0.1, 0.15) is 23.5 Å². The van der Waals surface area contributed by atoms with E-state index < -0.39 is 17.5 Å². The van der Waals surface area contributed by atoms with Gasteiger partial charge < -0.3 is 23.9 Å². The van der Waals surface area contributed by atoms with Gasteiger partial charge in [-0.1, -0.05) is 60.7 Å². The molecular weight excluding hydrogens is 558 g/mol. The van der Waals surface area contributed by atoms with Gasteiger partial charge >= 0.3 is 11.6 Å². The monoisotopic (exact) mass is 589 g/mol. The molecule has 5 aromatic rings. The molecule has 8 nitrogen and oxygen atoms in total. The van der Waals surface area contributed by atoms with E-state index in [1.165, 1.54) is 18.2 Å². The van der Waals surface area contributed by atoms with E-state index in [1.54, 1.807) is 43.5 Å². The largest absolute Gasteiger partial charge is 0.493 e. The SMILES string of the molecule is COc1cc(/C=C/C(=O)Oc2ccc3cc(C(=O)NC(C)c4ccccc4)c(=O)oc3c2)ccc1OCc1ccccc1C. The van der Waals surface area contributed by atoms with Crippen molar-refractivity contribution in [2.24, 2.45) is 0 Å². The van der Waals surface area contributed by atoms with Crippen molar-refractivity contribution in [1.82, 2.24) is 5.32 Å². The van der Waals surface area contributed by atoms with Gasteiger partial charge in [-0.3, -0.25) is 4.79 Å². The maximum atomic E-state index is 12.8. The lowest BCUT2D eigenvalue weighted by molar-refractivity contribution is -0.128. The van der Waals surface area contributed by atoms with Gasteiger partial charge in [-0.25, -0.2) is 9.59 Å². The van der Waals surface area contributed by atoms with Crippen molar-refractivity contribution >= 4 is 28.9 Å². The second kappa shape index (κ2) is 13.6. The highest BCUT2D eigenvalue weighted by molar-refractivity contribution is 5.97. The van der Waals surface area contributed by atoms with E-state index in [-0.39, 0.29) is 22.9 Å². The maximum absolute atomic E-state index is 12.8. The molecule has 4 aromatic carbocycles. The minimum Gasteiger partial charge on any atom is -0.493 e. The van der Waals surface area contributed by atoms with Crippen LogP contribution in [0.5, 0.6) is 17.2 Å². The van der Waals surface area contributed by atoms with Crippen molar-refractivity contribution in [1.29, 1.82) is 0 Å². The lowest BCUT2D eigenvalue weighted by Gasteiger charge is -2.14. The first kappa shape index (κ1) is 29.8. The molecule has 0 radical (unpaired) electrons. The molecule has 0 bridgehead atoms. The molecule has 5 rings (SSSR count). The summed E-state index contributed by atoms with van der Waals surface area (Å²) >= 11 is 0. The summed E-state index contributed by atoms with van der Waals surface area (Å²) in [5, 5.41) is 3.33. The van der Waals surface area contributed by atoms with Crippen LogP contribution >= 0.6 is 0 Å². The van der Waals surface area contributed by atoms with Crippen molar-refractivity contribution in [2.75, 3.05) is 7.11 Å². The molecule has 0 aliphatic rings. The van der Waals surface area contributed by atoms with Crippen molar-refractivity contribution in [3.05, 3.63) is 141 Å². The molecule has 0 aliphatic heterocycles. The normalized spacial score (nSPS) is 11.7. The van der Waals surface area contributed by atoms with Crippen LogP contribution in [0.1, 0.15) is 45.6 Å². The number of benzene rings is 4. The van der Waals surface area contributed by atoms with E-state index in [9.17, 15) is 14.4 Å². The fraction of sp³-hybridized carbons (Fsp3) is 0.139. The number of carbonyl (C=O) groups excluding carboxylic acids is 2. The number of esters is 1. The Morgan fingerprint density at radius 1 is 0.909 bits per heavy atom. The molecule has 1 atom stereocenters. The van der Waals surface area contributed by atoms with Crippen LogP contribution in [0.25, 0.3) is 17.0 Å². The third-order valence-corrected chi connectivity index (χ3v) is 7.06. The molecule has 0 fully saturated rings. The summed E-state index contributed by atoms with van der Waals surface area (Å²) in [5.74, 6) is 0.125. The Labute approximate surface area is 254 Å². The van der Waals surface area contributed by atoms with E-state index in [2.05, 4.69) is 5.32 Å². The molecule has 1 aromatic heterocycles. The molecule has 1 amide bonds. The number of ether oxygens (including phenoxy) is 3. The number of nitrogens with one attached hydrogen (secondary N) is 1. The quantitative estimate of drug-likeness (QED) is 0.0827. The van der Waals surface area contributed by atoms with Crippen LogP contribution in [0, 0.1) is 6.92 Å². The van der Waals surface area contributed by atoms with E-state index >= 15 is 0 Å². The highest BCUT2D eigenvalue weighted by Crippen LogP contribution is 2.30. The molecule has 44 heavy (non-hydrogen) atoms. The highest BCUT2D eigenvalue weighted by Gasteiger charge is 2.17. The Kier molecular flexibility index (Phi) is 9.20. The number of hydrogen-bond acceptors (Lipinski definition) is 7. The Bertz CT molecular complexity index is 1890. The molecule has 0 aliphatic carbocycles. The maximum Gasteiger partial charge on any atom is 0.349 e. The van der Waals surface area contributed by atoms with Crippen molar-refractivity contribution in [2.45, 2.75) is 26.5 Å². The molecule has 8 heteroatoms. The number of rotatable bonds is 10. The van der Waals surface area contributed by atoms with Gasteiger partial charge in [0, 0.05) is 17.5 Å². The number of aryl methyl sites for hydroxylation is 1. The molecule has 0 saturated heterocycles. The van der Waals surface area contributed by atoms with Gasteiger partial charge in [-0.05, 0) is 72.5 Å². The molecule has 222 valence electrons. The number of carbonyl (C=O) groups is 2. The number of fused-ring (bicyclic) bond motifs is 1. The fourth-order valence-electron chi connectivity index (χ4n) is 4.56. The summed E-state index contributed by atoms with van der Waals surface area (Å²) in [6.45, 7) is 4.26.